The third-order valence-corrected chi connectivity index (χ3v) is 6.31. The highest BCUT2D eigenvalue weighted by Gasteiger charge is 2.38. The zero-order valence-corrected chi connectivity index (χ0v) is 17.6. The first kappa shape index (κ1) is 25.5. The molecule has 0 fully saturated rings. The van der Waals surface area contributed by atoms with E-state index in [1.54, 1.807) is 13.0 Å². The zero-order chi connectivity index (χ0) is 19.0. The first-order chi connectivity index (χ1) is 11.3. The van der Waals surface area contributed by atoms with Gasteiger partial charge >= 0.3 is 14.8 Å². The standard InChI is InChI=1S/C9H22O3Si.C8H15NO2/c1-5-9-13(10-6-2,11-7-3)12-8-4;1-7(8(10)11)5-4-6-9(2)3/h5-9H2,1-4H3;5H,4,6H2,1-3H3,(H,10,11). The predicted molar refractivity (Wildman–Crippen MR) is 100 cm³/mol. The second-order valence-corrected chi connectivity index (χ2v) is 8.25. The van der Waals surface area contributed by atoms with Gasteiger partial charge in [-0.15, -0.1) is 0 Å². The lowest BCUT2D eigenvalue weighted by molar-refractivity contribution is -0.132. The number of carboxylic acid groups (broad SMARTS) is 1. The Kier molecular flexibility index (Phi) is 16.8. The molecule has 1 N–H and O–H groups in total. The fourth-order valence-corrected chi connectivity index (χ4v) is 4.55. The summed E-state index contributed by atoms with van der Waals surface area (Å²) in [7, 11) is 1.63. The number of hydrogen-bond acceptors (Lipinski definition) is 5. The monoisotopic (exact) mass is 363 g/mol. The van der Waals surface area contributed by atoms with Crippen LogP contribution < -0.4 is 0 Å². The topological polar surface area (TPSA) is 68.2 Å². The van der Waals surface area contributed by atoms with Crippen LogP contribution in [0.3, 0.4) is 0 Å². The van der Waals surface area contributed by atoms with Gasteiger partial charge in [0.1, 0.15) is 0 Å². The van der Waals surface area contributed by atoms with Crippen LogP contribution in [0.1, 0.15) is 47.5 Å². The maximum Gasteiger partial charge on any atom is 0.500 e. The van der Waals surface area contributed by atoms with Crippen LogP contribution in [0.15, 0.2) is 11.6 Å². The van der Waals surface area contributed by atoms with Crippen molar-refractivity contribution in [3.05, 3.63) is 11.6 Å². The molecule has 144 valence electrons. The van der Waals surface area contributed by atoms with Crippen molar-refractivity contribution in [2.75, 3.05) is 40.5 Å². The molecule has 0 aliphatic carbocycles. The number of rotatable bonds is 12. The van der Waals surface area contributed by atoms with Crippen molar-refractivity contribution in [3.8, 4) is 0 Å². The number of nitrogens with zero attached hydrogens (tertiary/aromatic N) is 1. The summed E-state index contributed by atoms with van der Waals surface area (Å²) in [6.45, 7) is 12.6. The van der Waals surface area contributed by atoms with Gasteiger partial charge in [-0.25, -0.2) is 4.79 Å². The van der Waals surface area contributed by atoms with Gasteiger partial charge in [0.05, 0.1) is 0 Å². The molecule has 0 aromatic rings. The molecule has 0 heterocycles. The fraction of sp³-hybridized carbons (Fsp3) is 0.824. The lowest BCUT2D eigenvalue weighted by Gasteiger charge is -2.27. The van der Waals surface area contributed by atoms with Crippen molar-refractivity contribution in [2.24, 2.45) is 0 Å². The Morgan fingerprint density at radius 1 is 1.04 bits per heavy atom. The summed E-state index contributed by atoms with van der Waals surface area (Å²) in [6, 6.07) is 0.919. The summed E-state index contributed by atoms with van der Waals surface area (Å²) in [5.74, 6) is -0.830. The molecular weight excluding hydrogens is 326 g/mol. The van der Waals surface area contributed by atoms with E-state index in [0.29, 0.717) is 25.4 Å². The third kappa shape index (κ3) is 13.7. The van der Waals surface area contributed by atoms with E-state index in [1.165, 1.54) is 0 Å². The van der Waals surface area contributed by atoms with Gasteiger partial charge in [-0.05, 0) is 48.2 Å². The van der Waals surface area contributed by atoms with Gasteiger partial charge in [-0.3, -0.25) is 0 Å². The molecular formula is C17H37NO5Si. The van der Waals surface area contributed by atoms with E-state index in [0.717, 1.165) is 25.4 Å². The molecule has 0 aliphatic heterocycles. The Morgan fingerprint density at radius 3 is 1.79 bits per heavy atom. The number of carboxylic acids is 1. The highest BCUT2D eigenvalue weighted by Crippen LogP contribution is 2.17. The maximum atomic E-state index is 10.3. The summed E-state index contributed by atoms with van der Waals surface area (Å²) >= 11 is 0. The quantitative estimate of drug-likeness (QED) is 0.423. The molecule has 24 heavy (non-hydrogen) atoms. The van der Waals surface area contributed by atoms with Crippen molar-refractivity contribution >= 4 is 14.8 Å². The average Bonchev–Trinajstić information content (AvgIpc) is 2.48. The third-order valence-electron chi connectivity index (χ3n) is 3.01. The second-order valence-electron chi connectivity index (χ2n) is 5.52. The maximum absolute atomic E-state index is 10.3. The number of hydrogen-bond donors (Lipinski definition) is 1. The summed E-state index contributed by atoms with van der Waals surface area (Å²) in [6.07, 6.45) is 3.58. The summed E-state index contributed by atoms with van der Waals surface area (Å²) < 4.78 is 16.9. The van der Waals surface area contributed by atoms with Crippen molar-refractivity contribution < 1.29 is 23.2 Å². The van der Waals surface area contributed by atoms with E-state index >= 15 is 0 Å². The Bertz CT molecular complexity index is 318. The van der Waals surface area contributed by atoms with Crippen LogP contribution in [0.4, 0.5) is 0 Å². The van der Waals surface area contributed by atoms with Crippen molar-refractivity contribution in [1.82, 2.24) is 4.90 Å². The Labute approximate surface area is 149 Å². The Balaban J connectivity index is 0. The largest absolute Gasteiger partial charge is 0.500 e. The van der Waals surface area contributed by atoms with Gasteiger partial charge in [0.15, 0.2) is 0 Å². The van der Waals surface area contributed by atoms with Crippen LogP contribution >= 0.6 is 0 Å². The average molecular weight is 364 g/mol. The lowest BCUT2D eigenvalue weighted by atomic mass is 10.2. The highest BCUT2D eigenvalue weighted by molar-refractivity contribution is 6.60. The highest BCUT2D eigenvalue weighted by atomic mass is 28.4. The first-order valence-electron chi connectivity index (χ1n) is 8.75. The SMILES string of the molecule is CC(=CCCN(C)C)C(=O)O.CCC[Si](OCC)(OCC)OCC. The molecule has 0 atom stereocenters. The normalized spacial score (nSPS) is 12.1. The predicted octanol–water partition coefficient (Wildman–Crippen LogP) is 3.41. The van der Waals surface area contributed by atoms with Crippen molar-refractivity contribution in [1.29, 1.82) is 0 Å². The van der Waals surface area contributed by atoms with E-state index in [-0.39, 0.29) is 0 Å². The van der Waals surface area contributed by atoms with E-state index in [4.69, 9.17) is 18.4 Å². The minimum absolute atomic E-state index is 0.423. The Hall–Kier alpha value is -0.733. The lowest BCUT2D eigenvalue weighted by Crippen LogP contribution is -2.45. The molecule has 7 heteroatoms. The van der Waals surface area contributed by atoms with Gasteiger partial charge in [0.25, 0.3) is 0 Å². The van der Waals surface area contributed by atoms with Crippen molar-refractivity contribution in [2.45, 2.75) is 53.5 Å². The molecule has 0 rings (SSSR count). The van der Waals surface area contributed by atoms with Crippen LogP contribution in [0.2, 0.25) is 6.04 Å². The van der Waals surface area contributed by atoms with Gasteiger partial charge in [0.2, 0.25) is 0 Å². The van der Waals surface area contributed by atoms with Gasteiger partial charge in [-0.2, -0.15) is 0 Å². The zero-order valence-electron chi connectivity index (χ0n) is 16.6. The number of carbonyl (C=O) groups is 1. The van der Waals surface area contributed by atoms with E-state index < -0.39 is 14.8 Å². The smallest absolute Gasteiger partial charge is 0.478 e. The van der Waals surface area contributed by atoms with Crippen LogP contribution in [0.5, 0.6) is 0 Å². The molecule has 0 radical (unpaired) electrons. The minimum Gasteiger partial charge on any atom is -0.478 e. The molecule has 0 saturated heterocycles. The van der Waals surface area contributed by atoms with Gasteiger partial charge in [0, 0.05) is 38.0 Å². The van der Waals surface area contributed by atoms with Gasteiger partial charge < -0.3 is 23.3 Å². The molecule has 0 spiro atoms. The summed E-state index contributed by atoms with van der Waals surface area (Å²) in [5.41, 5.74) is 0.423. The van der Waals surface area contributed by atoms with E-state index in [1.807, 2.05) is 39.8 Å². The molecule has 0 aromatic heterocycles. The second kappa shape index (κ2) is 15.8. The van der Waals surface area contributed by atoms with Crippen molar-refractivity contribution in [3.63, 3.8) is 0 Å². The molecule has 0 aromatic carbocycles. The molecule has 0 amide bonds. The molecule has 0 unspecified atom stereocenters. The Morgan fingerprint density at radius 2 is 1.50 bits per heavy atom. The van der Waals surface area contributed by atoms with Crippen LogP contribution in [0, 0.1) is 0 Å². The van der Waals surface area contributed by atoms with E-state index in [9.17, 15) is 4.79 Å². The summed E-state index contributed by atoms with van der Waals surface area (Å²) in [5, 5.41) is 8.47. The van der Waals surface area contributed by atoms with Crippen LogP contribution in [-0.4, -0.2) is 65.2 Å². The minimum atomic E-state index is -2.30. The molecule has 0 aliphatic rings. The number of aliphatic carboxylic acids is 1. The fourth-order valence-electron chi connectivity index (χ4n) is 1.93. The molecule has 0 saturated carbocycles. The molecule has 6 nitrogen and oxygen atoms in total. The van der Waals surface area contributed by atoms with Crippen LogP contribution in [0.25, 0.3) is 0 Å². The first-order valence-corrected chi connectivity index (χ1v) is 10.7. The van der Waals surface area contributed by atoms with E-state index in [2.05, 4.69) is 6.92 Å². The van der Waals surface area contributed by atoms with Gasteiger partial charge in [-0.1, -0.05) is 19.4 Å². The van der Waals surface area contributed by atoms with Crippen LogP contribution in [-0.2, 0) is 18.1 Å². The summed E-state index contributed by atoms with van der Waals surface area (Å²) in [4.78, 5) is 12.3. The molecule has 0 bridgehead atoms.